The molecule has 1 aromatic rings. The smallest absolute Gasteiger partial charge is 0.310 e. The minimum Gasteiger partial charge on any atom is -0.469 e. The Hall–Kier alpha value is -2.17. The van der Waals surface area contributed by atoms with Gasteiger partial charge >= 0.3 is 5.97 Å². The molecule has 0 aromatic heterocycles. The molecule has 0 bridgehead atoms. The minimum absolute atomic E-state index is 0.137. The molecule has 0 saturated heterocycles. The number of amides is 1. The van der Waals surface area contributed by atoms with Crippen molar-refractivity contribution in [1.29, 1.82) is 0 Å². The fourth-order valence-electron chi connectivity index (χ4n) is 2.21. The summed E-state index contributed by atoms with van der Waals surface area (Å²) in [5.41, 5.74) is 0.756. The van der Waals surface area contributed by atoms with Crippen molar-refractivity contribution < 1.29 is 18.7 Å². The molecule has 118 valence electrons. The fraction of sp³-hybridized carbons (Fsp3) is 0.412. The van der Waals surface area contributed by atoms with Crippen molar-refractivity contribution in [2.75, 3.05) is 13.7 Å². The van der Waals surface area contributed by atoms with E-state index < -0.39 is 0 Å². The molecule has 22 heavy (non-hydrogen) atoms. The molecule has 5 heteroatoms. The molecule has 1 fully saturated rings. The Labute approximate surface area is 129 Å². The summed E-state index contributed by atoms with van der Waals surface area (Å²) in [5.74, 6) is -1.12. The van der Waals surface area contributed by atoms with Crippen LogP contribution in [0.2, 0.25) is 0 Å². The van der Waals surface area contributed by atoms with Crippen LogP contribution in [-0.4, -0.2) is 36.5 Å². The van der Waals surface area contributed by atoms with Crippen molar-refractivity contribution in [3.05, 3.63) is 41.7 Å². The van der Waals surface area contributed by atoms with E-state index in [9.17, 15) is 14.0 Å². The molecule has 0 radical (unpaired) electrons. The average Bonchev–Trinajstić information content (AvgIpc) is 3.35. The summed E-state index contributed by atoms with van der Waals surface area (Å²) in [6.07, 6.45) is 5.05. The summed E-state index contributed by atoms with van der Waals surface area (Å²) in [6.45, 7) is 2.10. The van der Waals surface area contributed by atoms with E-state index in [-0.39, 0.29) is 29.7 Å². The first-order chi connectivity index (χ1) is 10.5. The summed E-state index contributed by atoms with van der Waals surface area (Å²) >= 11 is 0. The predicted octanol–water partition coefficient (Wildman–Crippen LogP) is 2.64. The van der Waals surface area contributed by atoms with E-state index in [0.717, 1.165) is 18.4 Å². The normalized spacial score (nSPS) is 15.6. The second-order valence-corrected chi connectivity index (χ2v) is 5.53. The highest BCUT2D eigenvalue weighted by Crippen LogP contribution is 2.28. The van der Waals surface area contributed by atoms with Crippen LogP contribution in [-0.2, 0) is 14.3 Å². The van der Waals surface area contributed by atoms with Gasteiger partial charge in [0.25, 0.3) is 0 Å². The molecule has 0 aliphatic heterocycles. The van der Waals surface area contributed by atoms with Gasteiger partial charge in [0.05, 0.1) is 13.0 Å². The lowest BCUT2D eigenvalue weighted by Crippen LogP contribution is -2.37. The number of esters is 1. The van der Waals surface area contributed by atoms with Gasteiger partial charge in [0, 0.05) is 18.7 Å². The van der Waals surface area contributed by atoms with Gasteiger partial charge in [0.15, 0.2) is 0 Å². The molecule has 1 unspecified atom stereocenters. The zero-order valence-electron chi connectivity index (χ0n) is 12.8. The van der Waals surface area contributed by atoms with Crippen LogP contribution in [0.4, 0.5) is 4.39 Å². The second kappa shape index (κ2) is 7.20. The van der Waals surface area contributed by atoms with Gasteiger partial charge < -0.3 is 9.64 Å². The summed E-state index contributed by atoms with van der Waals surface area (Å²) in [4.78, 5) is 25.5. The average molecular weight is 305 g/mol. The third kappa shape index (κ3) is 4.41. The lowest BCUT2D eigenvalue weighted by Gasteiger charge is -2.23. The summed E-state index contributed by atoms with van der Waals surface area (Å²) in [7, 11) is 1.34. The molecule has 0 spiro atoms. The Morgan fingerprint density at radius 2 is 2.00 bits per heavy atom. The Bertz CT molecular complexity index is 564. The topological polar surface area (TPSA) is 46.6 Å². The van der Waals surface area contributed by atoms with Crippen LogP contribution in [0.3, 0.4) is 0 Å². The molecule has 1 aromatic carbocycles. The van der Waals surface area contributed by atoms with E-state index in [2.05, 4.69) is 0 Å². The van der Waals surface area contributed by atoms with E-state index in [1.807, 2.05) is 0 Å². The molecule has 1 atom stereocenters. The largest absolute Gasteiger partial charge is 0.469 e. The maximum absolute atomic E-state index is 12.8. The van der Waals surface area contributed by atoms with E-state index >= 15 is 0 Å². The highest BCUT2D eigenvalue weighted by atomic mass is 19.1. The zero-order valence-corrected chi connectivity index (χ0v) is 12.8. The number of hydrogen-bond acceptors (Lipinski definition) is 3. The number of carbonyl (C=O) groups excluding carboxylic acids is 2. The first-order valence-corrected chi connectivity index (χ1v) is 7.33. The van der Waals surface area contributed by atoms with Gasteiger partial charge in [-0.1, -0.05) is 19.1 Å². The van der Waals surface area contributed by atoms with Crippen molar-refractivity contribution in [2.24, 2.45) is 5.92 Å². The van der Waals surface area contributed by atoms with E-state index in [0.29, 0.717) is 6.54 Å². The Morgan fingerprint density at radius 3 is 2.55 bits per heavy atom. The summed E-state index contributed by atoms with van der Waals surface area (Å²) in [6, 6.07) is 6.12. The lowest BCUT2D eigenvalue weighted by molar-refractivity contribution is -0.146. The maximum atomic E-state index is 12.8. The number of halogens is 1. The van der Waals surface area contributed by atoms with Crippen molar-refractivity contribution in [2.45, 2.75) is 25.8 Å². The Balaban J connectivity index is 2.00. The first-order valence-electron chi connectivity index (χ1n) is 7.33. The van der Waals surface area contributed by atoms with Gasteiger partial charge in [-0.15, -0.1) is 0 Å². The molecule has 1 amide bonds. The number of ether oxygens (including phenoxy) is 1. The van der Waals surface area contributed by atoms with E-state index in [1.54, 1.807) is 30.0 Å². The van der Waals surface area contributed by atoms with Gasteiger partial charge in [-0.3, -0.25) is 9.59 Å². The molecule has 1 saturated carbocycles. The number of carbonyl (C=O) groups is 2. The van der Waals surface area contributed by atoms with Gasteiger partial charge in [0.1, 0.15) is 5.82 Å². The highest BCUT2D eigenvalue weighted by molar-refractivity contribution is 5.92. The van der Waals surface area contributed by atoms with E-state index in [4.69, 9.17) is 4.74 Å². The monoisotopic (exact) mass is 305 g/mol. The summed E-state index contributed by atoms with van der Waals surface area (Å²) in [5, 5.41) is 0. The quantitative estimate of drug-likeness (QED) is 0.599. The summed E-state index contributed by atoms with van der Waals surface area (Å²) < 4.78 is 17.5. The second-order valence-electron chi connectivity index (χ2n) is 5.53. The van der Waals surface area contributed by atoms with Crippen LogP contribution in [0.5, 0.6) is 0 Å². The molecule has 1 aliphatic rings. The highest BCUT2D eigenvalue weighted by Gasteiger charge is 2.33. The number of nitrogens with zero attached hydrogens (tertiary/aromatic N) is 1. The number of benzene rings is 1. The van der Waals surface area contributed by atoms with Crippen LogP contribution in [0.1, 0.15) is 25.3 Å². The molecule has 0 heterocycles. The van der Waals surface area contributed by atoms with Crippen LogP contribution >= 0.6 is 0 Å². The van der Waals surface area contributed by atoms with Crippen LogP contribution in [0.15, 0.2) is 30.3 Å². The zero-order chi connectivity index (χ0) is 16.1. The Kier molecular flexibility index (Phi) is 5.31. The van der Waals surface area contributed by atoms with E-state index in [1.165, 1.54) is 25.3 Å². The molecular formula is C17H20FNO3. The van der Waals surface area contributed by atoms with Gasteiger partial charge in [-0.25, -0.2) is 4.39 Å². The standard InChI is InChI=1S/C17H20FNO3/c1-12(17(21)22-2)11-19(15-8-9-15)16(20)10-5-13-3-6-14(18)7-4-13/h3-7,10,12,15H,8-9,11H2,1-2H3/b10-5+. The molecule has 4 nitrogen and oxygen atoms in total. The number of rotatable bonds is 6. The van der Waals surface area contributed by atoms with Crippen molar-refractivity contribution in [3.8, 4) is 0 Å². The van der Waals surface area contributed by atoms with Crippen LogP contribution < -0.4 is 0 Å². The SMILES string of the molecule is COC(=O)C(C)CN(C(=O)/C=C/c1ccc(F)cc1)C1CC1. The molecule has 2 rings (SSSR count). The van der Waals surface area contributed by atoms with Crippen molar-refractivity contribution in [3.63, 3.8) is 0 Å². The number of hydrogen-bond donors (Lipinski definition) is 0. The minimum atomic E-state index is -0.353. The fourth-order valence-corrected chi connectivity index (χ4v) is 2.21. The van der Waals surface area contributed by atoms with Crippen molar-refractivity contribution in [1.82, 2.24) is 4.90 Å². The number of methoxy groups -OCH3 is 1. The first kappa shape index (κ1) is 16.2. The van der Waals surface area contributed by atoms with Gasteiger partial charge in [-0.2, -0.15) is 0 Å². The molecule has 0 N–H and O–H groups in total. The maximum Gasteiger partial charge on any atom is 0.310 e. The third-order valence-electron chi connectivity index (χ3n) is 3.63. The Morgan fingerprint density at radius 1 is 1.36 bits per heavy atom. The van der Waals surface area contributed by atoms with Crippen molar-refractivity contribution >= 4 is 18.0 Å². The van der Waals surface area contributed by atoms with Crippen LogP contribution in [0.25, 0.3) is 6.08 Å². The van der Waals surface area contributed by atoms with Gasteiger partial charge in [-0.05, 0) is 36.6 Å². The molecular weight excluding hydrogens is 285 g/mol. The molecule has 1 aliphatic carbocycles. The van der Waals surface area contributed by atoms with Crippen LogP contribution in [0, 0.1) is 11.7 Å². The van der Waals surface area contributed by atoms with Gasteiger partial charge in [0.2, 0.25) is 5.91 Å². The predicted molar refractivity (Wildman–Crippen MR) is 81.3 cm³/mol. The lowest BCUT2D eigenvalue weighted by atomic mass is 10.1. The third-order valence-corrected chi connectivity index (χ3v) is 3.63.